The molecule has 0 aliphatic carbocycles. The van der Waals surface area contributed by atoms with Crippen molar-refractivity contribution in [2.45, 2.75) is 39.8 Å². The molecule has 1 N–H and O–H groups in total. The average molecular weight is 444 g/mol. The lowest BCUT2D eigenvalue weighted by atomic mass is 9.93. The Kier molecular flexibility index (Phi) is 6.25. The molecule has 1 fully saturated rings. The molecule has 1 heterocycles. The Morgan fingerprint density at radius 1 is 1.03 bits per heavy atom. The van der Waals surface area contributed by atoms with Gasteiger partial charge in [0.15, 0.2) is 0 Å². The van der Waals surface area contributed by atoms with E-state index in [4.69, 9.17) is 0 Å². The number of nitrogens with zero attached hydrogens (tertiary/aromatic N) is 2. The molecule has 2 aromatic rings. The number of benzene rings is 2. The predicted octanol–water partition coefficient (Wildman–Crippen LogP) is 2.61. The van der Waals surface area contributed by atoms with Crippen molar-refractivity contribution in [3.8, 4) is 0 Å². The minimum atomic E-state index is -3.65. The van der Waals surface area contributed by atoms with E-state index >= 15 is 0 Å². The summed E-state index contributed by atoms with van der Waals surface area (Å²) in [6.45, 7) is 7.19. The quantitative estimate of drug-likeness (QED) is 0.770. The summed E-state index contributed by atoms with van der Waals surface area (Å²) in [5.74, 6) is -0.820. The fraction of sp³-hybridized carbons (Fsp3) is 0.391. The summed E-state index contributed by atoms with van der Waals surface area (Å²) < 4.78 is 25.6. The Morgan fingerprint density at radius 2 is 1.61 bits per heavy atom. The monoisotopic (exact) mass is 443 g/mol. The fourth-order valence-corrected chi connectivity index (χ4v) is 4.74. The topological polar surface area (TPSA) is 86.8 Å². The summed E-state index contributed by atoms with van der Waals surface area (Å²) in [5, 5.41) is 2.96. The molecule has 2 aromatic carbocycles. The molecule has 1 unspecified atom stereocenters. The first-order valence-corrected chi connectivity index (χ1v) is 12.0. The number of rotatable bonds is 5. The van der Waals surface area contributed by atoms with Gasteiger partial charge in [0, 0.05) is 18.8 Å². The Morgan fingerprint density at radius 3 is 2.19 bits per heavy atom. The molecule has 0 radical (unpaired) electrons. The van der Waals surface area contributed by atoms with Crippen molar-refractivity contribution in [3.63, 3.8) is 0 Å². The van der Waals surface area contributed by atoms with E-state index in [0.29, 0.717) is 5.69 Å². The van der Waals surface area contributed by atoms with Gasteiger partial charge in [0.25, 0.3) is 5.91 Å². The maximum Gasteiger partial charge on any atom is 0.251 e. The van der Waals surface area contributed by atoms with E-state index in [-0.39, 0.29) is 19.6 Å². The van der Waals surface area contributed by atoms with Crippen molar-refractivity contribution in [1.82, 2.24) is 9.21 Å². The van der Waals surface area contributed by atoms with Crippen LogP contribution in [0.4, 0.5) is 5.69 Å². The second-order valence-electron chi connectivity index (χ2n) is 8.43. The van der Waals surface area contributed by atoms with Crippen molar-refractivity contribution in [2.24, 2.45) is 0 Å². The highest BCUT2D eigenvalue weighted by Gasteiger charge is 2.49. The average Bonchev–Trinajstić information content (AvgIpc) is 2.68. The normalized spacial score (nSPS) is 20.0. The Labute approximate surface area is 184 Å². The van der Waals surface area contributed by atoms with Crippen LogP contribution >= 0.6 is 0 Å². The molecule has 31 heavy (non-hydrogen) atoms. The van der Waals surface area contributed by atoms with E-state index < -0.39 is 27.4 Å². The van der Waals surface area contributed by atoms with Crippen LogP contribution in [0.1, 0.15) is 29.2 Å². The standard InChI is InChI=1S/C23H29N3O4S/c1-16-9-6-7-12-19(16)13-26-20(27)14-25(31(5,29)30)15-23(26,4)22(28)24-21-17(2)10-8-11-18(21)3/h6-12H,13-15H2,1-5H3,(H,24,28). The largest absolute Gasteiger partial charge is 0.324 e. The minimum Gasteiger partial charge on any atom is -0.324 e. The van der Waals surface area contributed by atoms with Gasteiger partial charge in [-0.2, -0.15) is 4.31 Å². The van der Waals surface area contributed by atoms with Gasteiger partial charge in [-0.25, -0.2) is 8.42 Å². The van der Waals surface area contributed by atoms with E-state index in [9.17, 15) is 18.0 Å². The van der Waals surface area contributed by atoms with Gasteiger partial charge in [-0.3, -0.25) is 9.59 Å². The predicted molar refractivity (Wildman–Crippen MR) is 121 cm³/mol. The SMILES string of the molecule is Cc1ccccc1CN1C(=O)CN(S(C)(=O)=O)CC1(C)C(=O)Nc1c(C)cccc1C. The van der Waals surface area contributed by atoms with E-state index in [2.05, 4.69) is 5.32 Å². The van der Waals surface area contributed by atoms with Crippen LogP contribution in [0.25, 0.3) is 0 Å². The van der Waals surface area contributed by atoms with Gasteiger partial charge >= 0.3 is 0 Å². The smallest absolute Gasteiger partial charge is 0.251 e. The Balaban J connectivity index is 2.02. The number of piperazine rings is 1. The van der Waals surface area contributed by atoms with Crippen LogP contribution in [0.2, 0.25) is 0 Å². The van der Waals surface area contributed by atoms with Crippen molar-refractivity contribution < 1.29 is 18.0 Å². The number of hydrogen-bond acceptors (Lipinski definition) is 4. The molecule has 2 amide bonds. The summed E-state index contributed by atoms with van der Waals surface area (Å²) >= 11 is 0. The molecule has 1 aliphatic rings. The van der Waals surface area contributed by atoms with Gasteiger partial charge in [-0.05, 0) is 49.9 Å². The number of carbonyl (C=O) groups excluding carboxylic acids is 2. The zero-order valence-corrected chi connectivity index (χ0v) is 19.4. The van der Waals surface area contributed by atoms with Crippen molar-refractivity contribution in [3.05, 3.63) is 64.7 Å². The van der Waals surface area contributed by atoms with Gasteiger partial charge in [0.2, 0.25) is 15.9 Å². The number of carbonyl (C=O) groups is 2. The highest BCUT2D eigenvalue weighted by molar-refractivity contribution is 7.88. The molecule has 0 saturated carbocycles. The van der Waals surface area contributed by atoms with Gasteiger partial charge < -0.3 is 10.2 Å². The third-order valence-electron chi connectivity index (χ3n) is 5.96. The molecule has 0 spiro atoms. The summed E-state index contributed by atoms with van der Waals surface area (Å²) in [4.78, 5) is 28.2. The maximum atomic E-state index is 13.6. The highest BCUT2D eigenvalue weighted by Crippen LogP contribution is 2.30. The van der Waals surface area contributed by atoms with E-state index in [0.717, 1.165) is 32.8 Å². The van der Waals surface area contributed by atoms with Crippen molar-refractivity contribution >= 4 is 27.5 Å². The second kappa shape index (κ2) is 8.43. The fourth-order valence-electron chi connectivity index (χ4n) is 3.91. The van der Waals surface area contributed by atoms with Crippen molar-refractivity contribution in [2.75, 3.05) is 24.7 Å². The third-order valence-corrected chi connectivity index (χ3v) is 7.16. The third kappa shape index (κ3) is 4.65. The lowest BCUT2D eigenvalue weighted by Gasteiger charge is -2.46. The number of hydrogen-bond donors (Lipinski definition) is 1. The van der Waals surface area contributed by atoms with Crippen LogP contribution in [0.5, 0.6) is 0 Å². The Hall–Kier alpha value is -2.71. The number of anilines is 1. The molecule has 3 rings (SSSR count). The van der Waals surface area contributed by atoms with Gasteiger partial charge in [0.1, 0.15) is 5.54 Å². The minimum absolute atomic E-state index is 0.111. The number of aryl methyl sites for hydroxylation is 3. The molecule has 166 valence electrons. The molecule has 0 bridgehead atoms. The molecular weight excluding hydrogens is 414 g/mol. The van der Waals surface area contributed by atoms with E-state index in [1.54, 1.807) is 6.92 Å². The Bertz CT molecular complexity index is 1110. The van der Waals surface area contributed by atoms with Crippen LogP contribution in [0.15, 0.2) is 42.5 Å². The summed E-state index contributed by atoms with van der Waals surface area (Å²) in [6, 6.07) is 13.3. The summed E-state index contributed by atoms with van der Waals surface area (Å²) in [6.07, 6.45) is 1.06. The lowest BCUT2D eigenvalue weighted by Crippen LogP contribution is -2.68. The molecule has 0 aromatic heterocycles. The van der Waals surface area contributed by atoms with Crippen LogP contribution in [0.3, 0.4) is 0 Å². The highest BCUT2D eigenvalue weighted by atomic mass is 32.2. The van der Waals surface area contributed by atoms with E-state index in [1.165, 1.54) is 4.90 Å². The first kappa shape index (κ1) is 23.0. The molecular formula is C23H29N3O4S. The number of amides is 2. The second-order valence-corrected chi connectivity index (χ2v) is 10.4. The van der Waals surface area contributed by atoms with Gasteiger partial charge in [-0.1, -0.05) is 42.5 Å². The first-order chi connectivity index (χ1) is 14.4. The van der Waals surface area contributed by atoms with Crippen LogP contribution in [-0.4, -0.2) is 54.3 Å². The number of nitrogens with one attached hydrogen (secondary N) is 1. The maximum absolute atomic E-state index is 13.6. The zero-order chi connectivity index (χ0) is 23.0. The summed E-state index contributed by atoms with van der Waals surface area (Å²) in [5.41, 5.74) is 2.99. The molecule has 1 atom stereocenters. The zero-order valence-electron chi connectivity index (χ0n) is 18.6. The first-order valence-electron chi connectivity index (χ1n) is 10.1. The number of sulfonamides is 1. The van der Waals surface area contributed by atoms with Crippen LogP contribution in [0, 0.1) is 20.8 Å². The molecule has 1 saturated heterocycles. The van der Waals surface area contributed by atoms with Crippen molar-refractivity contribution in [1.29, 1.82) is 0 Å². The van der Waals surface area contributed by atoms with Gasteiger partial charge in [-0.15, -0.1) is 0 Å². The van der Waals surface area contributed by atoms with Gasteiger partial charge in [0.05, 0.1) is 12.8 Å². The van der Waals surface area contributed by atoms with Crippen LogP contribution in [-0.2, 0) is 26.2 Å². The molecule has 1 aliphatic heterocycles. The van der Waals surface area contributed by atoms with Crippen LogP contribution < -0.4 is 5.32 Å². The summed E-state index contributed by atoms with van der Waals surface area (Å²) in [7, 11) is -3.65. The molecule has 7 nitrogen and oxygen atoms in total. The number of para-hydroxylation sites is 1. The van der Waals surface area contributed by atoms with E-state index in [1.807, 2.05) is 63.2 Å². The molecule has 8 heteroatoms. The lowest BCUT2D eigenvalue weighted by molar-refractivity contribution is -0.151.